The van der Waals surface area contributed by atoms with Gasteiger partial charge < -0.3 is 56.9 Å². The third kappa shape index (κ3) is 26.8. The number of carbonyl (C=O) groups excluding carboxylic acids is 4. The average molecular weight is 1480 g/mol. The zero-order chi connectivity index (χ0) is 76.4. The summed E-state index contributed by atoms with van der Waals surface area (Å²) in [6, 6.07) is 36.2. The number of hydrogen-bond acceptors (Lipinski definition) is 19. The molecule has 4 amide bonds. The summed E-state index contributed by atoms with van der Waals surface area (Å²) in [6.07, 6.45) is 36.3. The Morgan fingerprint density at radius 1 is 0.349 bits per heavy atom. The summed E-state index contributed by atoms with van der Waals surface area (Å²) in [4.78, 5) is 88.0. The first kappa shape index (κ1) is 81.2. The van der Waals surface area contributed by atoms with Gasteiger partial charge in [0.1, 0.15) is 80.3 Å². The molecule has 4 aliphatic carbocycles. The molecule has 23 nitrogen and oxygen atoms in total. The van der Waals surface area contributed by atoms with Gasteiger partial charge in [0.25, 0.3) is 23.6 Å². The topological polar surface area (TPSA) is 289 Å². The van der Waals surface area contributed by atoms with Gasteiger partial charge in [0.05, 0.1) is 14.2 Å². The van der Waals surface area contributed by atoms with Crippen molar-refractivity contribution in [2.75, 3.05) is 79.7 Å². The van der Waals surface area contributed by atoms with Gasteiger partial charge in [0.15, 0.2) is 0 Å². The number of benzene rings is 4. The number of rotatable bonds is 27. The van der Waals surface area contributed by atoms with E-state index in [1.54, 1.807) is 39.0 Å². The second kappa shape index (κ2) is 43.6. The van der Waals surface area contributed by atoms with E-state index in [1.807, 2.05) is 94.4 Å². The first-order valence-corrected chi connectivity index (χ1v) is 39.9. The van der Waals surface area contributed by atoms with Gasteiger partial charge >= 0.3 is 0 Å². The third-order valence-electron chi connectivity index (χ3n) is 20.7. The molecule has 4 saturated carbocycles. The van der Waals surface area contributed by atoms with Crippen molar-refractivity contribution in [1.82, 2.24) is 61.1 Å². The van der Waals surface area contributed by atoms with Crippen molar-refractivity contribution in [1.29, 1.82) is 0 Å². The van der Waals surface area contributed by atoms with Crippen molar-refractivity contribution in [3.05, 3.63) is 196 Å². The molecule has 5 aliphatic rings. The lowest BCUT2D eigenvalue weighted by atomic mass is 9.95. The van der Waals surface area contributed by atoms with E-state index in [0.717, 1.165) is 113 Å². The minimum atomic E-state index is -0.142. The molecule has 580 valence electrons. The minimum absolute atomic E-state index is 0.109. The molecule has 1 saturated heterocycles. The number of amides is 4. The SMILES string of the molecule is COc1ccc(CCNC(=O)c2cnc(C)nc2NC2CCCCC2)cc1.COc1cccc(CCNC(=O)c2cnc(C)nc2NC2CCCCC2)c1.Cc1ncc(C(=O)NCCc2ccc(N3CCCC3)cc2)c(NC2CCCCC2)n1.Cc1ncc(C(=O)NCCc2ccccc2)c(NC2CCCCC2)n1. The van der Waals surface area contributed by atoms with E-state index in [0.29, 0.717) is 119 Å². The zero-order valence-electron chi connectivity index (χ0n) is 65.0. The van der Waals surface area contributed by atoms with E-state index in [1.165, 1.54) is 107 Å². The van der Waals surface area contributed by atoms with Crippen LogP contribution in [-0.2, 0) is 25.7 Å². The third-order valence-corrected chi connectivity index (χ3v) is 20.7. The number of carbonyl (C=O) groups is 4. The van der Waals surface area contributed by atoms with Gasteiger partial charge in [-0.25, -0.2) is 39.9 Å². The summed E-state index contributed by atoms with van der Waals surface area (Å²) >= 11 is 0. The van der Waals surface area contributed by atoms with E-state index in [-0.39, 0.29) is 23.6 Å². The Balaban J connectivity index is 0.000000155. The van der Waals surface area contributed by atoms with Crippen LogP contribution in [0.5, 0.6) is 11.5 Å². The number of aryl methyl sites for hydroxylation is 4. The van der Waals surface area contributed by atoms with Crippen molar-refractivity contribution in [2.24, 2.45) is 0 Å². The maximum absolute atomic E-state index is 12.8. The quantitative estimate of drug-likeness (QED) is 0.0237. The lowest BCUT2D eigenvalue weighted by Gasteiger charge is -2.24. The fraction of sp³-hybridized carbons (Fsp3) is 0.488. The predicted molar refractivity (Wildman–Crippen MR) is 434 cm³/mol. The highest BCUT2D eigenvalue weighted by Gasteiger charge is 2.25. The Morgan fingerprint density at radius 2 is 0.651 bits per heavy atom. The van der Waals surface area contributed by atoms with Crippen LogP contribution >= 0.6 is 0 Å². The summed E-state index contributed by atoms with van der Waals surface area (Å²) in [7, 11) is 3.30. The second-order valence-electron chi connectivity index (χ2n) is 29.2. The van der Waals surface area contributed by atoms with Crippen molar-refractivity contribution in [3.63, 3.8) is 0 Å². The summed E-state index contributed by atoms with van der Waals surface area (Å²) in [5, 5.41) is 25.9. The molecule has 4 aromatic heterocycles. The molecular formula is C86H115N17O6. The Bertz CT molecular complexity index is 4120. The maximum atomic E-state index is 12.8. The van der Waals surface area contributed by atoms with Crippen LogP contribution in [0.1, 0.15) is 228 Å². The Kier molecular flexibility index (Phi) is 32.5. The molecule has 109 heavy (non-hydrogen) atoms. The molecule has 4 aromatic carbocycles. The Morgan fingerprint density at radius 3 is 0.982 bits per heavy atom. The van der Waals surface area contributed by atoms with Crippen LogP contribution in [0.3, 0.4) is 0 Å². The van der Waals surface area contributed by atoms with Crippen LogP contribution in [0.15, 0.2) is 128 Å². The number of nitrogens with zero attached hydrogens (tertiary/aromatic N) is 9. The van der Waals surface area contributed by atoms with Crippen molar-refractivity contribution in [3.8, 4) is 11.5 Å². The van der Waals surface area contributed by atoms with E-state index in [2.05, 4.69) is 124 Å². The monoisotopic (exact) mass is 1480 g/mol. The molecule has 23 heteroatoms. The highest BCUT2D eigenvalue weighted by atomic mass is 16.5. The maximum Gasteiger partial charge on any atom is 0.256 e. The van der Waals surface area contributed by atoms with E-state index in [9.17, 15) is 19.2 Å². The highest BCUT2D eigenvalue weighted by Crippen LogP contribution is 2.28. The number of anilines is 5. The average Bonchev–Trinajstić information content (AvgIpc) is 1.56. The van der Waals surface area contributed by atoms with Crippen molar-refractivity contribution < 1.29 is 28.7 Å². The second-order valence-corrected chi connectivity index (χ2v) is 29.2. The molecule has 8 N–H and O–H groups in total. The van der Waals surface area contributed by atoms with E-state index < -0.39 is 0 Å². The van der Waals surface area contributed by atoms with Crippen LogP contribution in [-0.4, -0.2) is 141 Å². The number of hydrogen-bond donors (Lipinski definition) is 8. The van der Waals surface area contributed by atoms with Gasteiger partial charge in [-0.3, -0.25) is 19.2 Å². The lowest BCUT2D eigenvalue weighted by Crippen LogP contribution is -2.29. The van der Waals surface area contributed by atoms with Gasteiger partial charge in [0, 0.05) is 93.9 Å². The van der Waals surface area contributed by atoms with Crippen molar-refractivity contribution in [2.45, 2.75) is 219 Å². The molecule has 0 bridgehead atoms. The standard InChI is InChI=1S/C24H33N5O.2C21H28N4O2.C20H26N4O/c1-18-26-17-22(23(27-18)28-20-7-3-2-4-8-20)24(30)25-14-13-19-9-11-21(12-10-19)29-15-5-6-16-29;1-15-23-14-19(20(24-15)25-17-8-4-3-5-9-17)21(26)22-12-11-16-7-6-10-18(13-16)27-2;1-15-23-14-19(20(24-15)25-17-6-4-3-5-7-17)21(26)22-13-12-16-8-10-18(27-2)11-9-16;1-15-22-14-18(19(23-15)24-17-10-6-3-7-11-17)20(25)21-13-12-16-8-4-2-5-9-16/h9-12,17,20H,2-8,13-16H2,1H3,(H,25,30)(H,26,27,28);6-7,10,13-14,17H,3-5,8-9,11-12H2,1-2H3,(H,22,26)(H,23,24,25);8-11,14,17H,3-7,12-13H2,1-2H3,(H,22,26)(H,23,24,25);2,4-5,8-9,14,17H,3,6-7,10-13H2,1H3,(H,21,25)(H,22,23,24). The molecule has 8 aromatic rings. The number of ether oxygens (including phenoxy) is 2. The van der Waals surface area contributed by atoms with Crippen LogP contribution < -0.4 is 56.9 Å². The predicted octanol–water partition coefficient (Wildman–Crippen LogP) is 14.6. The van der Waals surface area contributed by atoms with Gasteiger partial charge in [-0.2, -0.15) is 0 Å². The summed E-state index contributed by atoms with van der Waals surface area (Å²) in [5.41, 5.74) is 8.11. The molecule has 0 spiro atoms. The highest BCUT2D eigenvalue weighted by molar-refractivity contribution is 6.00. The molecule has 0 atom stereocenters. The molecular weight excluding hydrogens is 1370 g/mol. The van der Waals surface area contributed by atoms with Crippen LogP contribution in [0, 0.1) is 27.7 Å². The van der Waals surface area contributed by atoms with Gasteiger partial charge in [-0.05, 0) is 176 Å². The summed E-state index contributed by atoms with van der Waals surface area (Å²) < 4.78 is 10.4. The molecule has 13 rings (SSSR count). The van der Waals surface area contributed by atoms with Gasteiger partial charge in [0.2, 0.25) is 0 Å². The van der Waals surface area contributed by atoms with Gasteiger partial charge in [-0.1, -0.05) is 144 Å². The largest absolute Gasteiger partial charge is 0.497 e. The molecule has 5 heterocycles. The lowest BCUT2D eigenvalue weighted by molar-refractivity contribution is 0.0945. The van der Waals surface area contributed by atoms with E-state index in [4.69, 9.17) is 9.47 Å². The summed E-state index contributed by atoms with van der Waals surface area (Å²) in [5.74, 6) is 6.48. The molecule has 0 radical (unpaired) electrons. The van der Waals surface area contributed by atoms with Crippen LogP contribution in [0.25, 0.3) is 0 Å². The van der Waals surface area contributed by atoms with Crippen molar-refractivity contribution >= 4 is 52.6 Å². The molecule has 5 fully saturated rings. The smallest absolute Gasteiger partial charge is 0.256 e. The number of methoxy groups -OCH3 is 2. The fourth-order valence-corrected chi connectivity index (χ4v) is 14.5. The zero-order valence-corrected chi connectivity index (χ0v) is 65.0. The van der Waals surface area contributed by atoms with Crippen LogP contribution in [0.2, 0.25) is 0 Å². The normalized spacial score (nSPS) is 15.4. The molecule has 1 aliphatic heterocycles. The van der Waals surface area contributed by atoms with Crippen LogP contribution in [0.4, 0.5) is 29.0 Å². The minimum Gasteiger partial charge on any atom is -0.497 e. The Hall–Kier alpha value is -10.3. The van der Waals surface area contributed by atoms with Gasteiger partial charge in [-0.15, -0.1) is 0 Å². The number of aromatic nitrogens is 8. The first-order valence-electron chi connectivity index (χ1n) is 39.9. The Labute approximate surface area is 644 Å². The number of nitrogens with one attached hydrogen (secondary N) is 8. The first-order chi connectivity index (χ1) is 53.2. The fourth-order valence-electron chi connectivity index (χ4n) is 14.5. The molecule has 0 unspecified atom stereocenters. The van der Waals surface area contributed by atoms with E-state index >= 15 is 0 Å². The summed E-state index contributed by atoms with van der Waals surface area (Å²) in [6.45, 7) is 12.0.